The van der Waals surface area contributed by atoms with Crippen LogP contribution in [-0.4, -0.2) is 37.4 Å². The summed E-state index contributed by atoms with van der Waals surface area (Å²) in [6.45, 7) is 1.86. The summed E-state index contributed by atoms with van der Waals surface area (Å²) in [4.78, 5) is 0. The number of hydrogen-bond donors (Lipinski definition) is 0. The van der Waals surface area contributed by atoms with Gasteiger partial charge in [-0.25, -0.2) is 0 Å². The maximum atomic E-state index is 5.60. The van der Waals surface area contributed by atoms with Crippen molar-refractivity contribution in [1.82, 2.24) is 0 Å². The summed E-state index contributed by atoms with van der Waals surface area (Å²) in [6.07, 6.45) is 7.16. The zero-order valence-electron chi connectivity index (χ0n) is 8.20. The molecule has 3 atom stereocenters. The Hall–Kier alpha value is 0.270. The van der Waals surface area contributed by atoms with Crippen molar-refractivity contribution in [2.24, 2.45) is 5.92 Å². The number of rotatable bonds is 5. The van der Waals surface area contributed by atoms with Crippen molar-refractivity contribution in [2.45, 2.75) is 31.5 Å². The standard InChI is InChI=1S/C10H18O2S/c1-13-5-4-11-7-8-2-3-9-10(6-8)12-9/h8-10H,2-7H2,1H3. The molecular formula is C10H18O2S. The Bertz CT molecular complexity index is 163. The van der Waals surface area contributed by atoms with Gasteiger partial charge in [0, 0.05) is 12.4 Å². The molecule has 0 spiro atoms. The van der Waals surface area contributed by atoms with Crippen LogP contribution in [0.2, 0.25) is 0 Å². The van der Waals surface area contributed by atoms with Crippen LogP contribution in [0.15, 0.2) is 0 Å². The number of ether oxygens (including phenoxy) is 2. The van der Waals surface area contributed by atoms with Crippen molar-refractivity contribution in [1.29, 1.82) is 0 Å². The highest BCUT2D eigenvalue weighted by Gasteiger charge is 2.43. The van der Waals surface area contributed by atoms with E-state index in [1.165, 1.54) is 19.3 Å². The number of thioether (sulfide) groups is 1. The lowest BCUT2D eigenvalue weighted by molar-refractivity contribution is 0.0999. The van der Waals surface area contributed by atoms with Crippen molar-refractivity contribution in [3.63, 3.8) is 0 Å². The van der Waals surface area contributed by atoms with Gasteiger partial charge in [-0.15, -0.1) is 0 Å². The summed E-state index contributed by atoms with van der Waals surface area (Å²) in [5, 5.41) is 0. The number of fused-ring (bicyclic) bond motifs is 1. The lowest BCUT2D eigenvalue weighted by atomic mass is 9.90. The van der Waals surface area contributed by atoms with Gasteiger partial charge in [0.1, 0.15) is 0 Å². The third kappa shape index (κ3) is 2.86. The minimum atomic E-state index is 0.600. The molecule has 2 rings (SSSR count). The van der Waals surface area contributed by atoms with Crippen LogP contribution in [0.25, 0.3) is 0 Å². The van der Waals surface area contributed by atoms with Gasteiger partial charge in [-0.2, -0.15) is 11.8 Å². The van der Waals surface area contributed by atoms with E-state index < -0.39 is 0 Å². The summed E-state index contributed by atoms with van der Waals surface area (Å²) in [5.41, 5.74) is 0. The molecule has 3 heteroatoms. The zero-order valence-corrected chi connectivity index (χ0v) is 9.02. The first kappa shape index (κ1) is 9.81. The van der Waals surface area contributed by atoms with Crippen LogP contribution >= 0.6 is 11.8 Å². The summed E-state index contributed by atoms with van der Waals surface area (Å²) < 4.78 is 11.1. The van der Waals surface area contributed by atoms with Gasteiger partial charge in [-0.05, 0) is 31.4 Å². The minimum Gasteiger partial charge on any atom is -0.380 e. The molecule has 0 radical (unpaired) electrons. The molecule has 0 aromatic rings. The molecule has 1 aliphatic heterocycles. The van der Waals surface area contributed by atoms with E-state index in [9.17, 15) is 0 Å². The van der Waals surface area contributed by atoms with E-state index in [-0.39, 0.29) is 0 Å². The Morgan fingerprint density at radius 3 is 3.08 bits per heavy atom. The molecule has 1 saturated heterocycles. The van der Waals surface area contributed by atoms with Gasteiger partial charge in [-0.1, -0.05) is 0 Å². The number of epoxide rings is 1. The quantitative estimate of drug-likeness (QED) is 0.502. The van der Waals surface area contributed by atoms with E-state index in [4.69, 9.17) is 9.47 Å². The highest BCUT2D eigenvalue weighted by Crippen LogP contribution is 2.39. The van der Waals surface area contributed by atoms with E-state index in [0.717, 1.165) is 24.9 Å². The lowest BCUT2D eigenvalue weighted by Crippen LogP contribution is -2.18. The van der Waals surface area contributed by atoms with Crippen LogP contribution in [0.5, 0.6) is 0 Å². The van der Waals surface area contributed by atoms with Crippen LogP contribution in [0.4, 0.5) is 0 Å². The molecule has 0 amide bonds. The first-order valence-electron chi connectivity index (χ1n) is 5.12. The van der Waals surface area contributed by atoms with E-state index in [0.29, 0.717) is 12.2 Å². The molecule has 76 valence electrons. The topological polar surface area (TPSA) is 21.8 Å². The molecule has 0 aromatic carbocycles. The highest BCUT2D eigenvalue weighted by atomic mass is 32.2. The van der Waals surface area contributed by atoms with Crippen LogP contribution < -0.4 is 0 Å². The second kappa shape index (κ2) is 4.67. The van der Waals surface area contributed by atoms with Crippen molar-refractivity contribution in [3.05, 3.63) is 0 Å². The summed E-state index contributed by atoms with van der Waals surface area (Å²) >= 11 is 1.85. The Kier molecular flexibility index (Phi) is 3.52. The molecule has 0 N–H and O–H groups in total. The molecule has 1 saturated carbocycles. The molecule has 1 aliphatic carbocycles. The third-order valence-electron chi connectivity index (χ3n) is 2.90. The third-order valence-corrected chi connectivity index (χ3v) is 3.47. The average Bonchev–Trinajstić information content (AvgIpc) is 2.90. The van der Waals surface area contributed by atoms with Gasteiger partial charge >= 0.3 is 0 Å². The Balaban J connectivity index is 1.54. The highest BCUT2D eigenvalue weighted by molar-refractivity contribution is 7.98. The van der Waals surface area contributed by atoms with Crippen molar-refractivity contribution >= 4 is 11.8 Å². The van der Waals surface area contributed by atoms with Crippen molar-refractivity contribution in [2.75, 3.05) is 25.2 Å². The minimum absolute atomic E-state index is 0.600. The van der Waals surface area contributed by atoms with Crippen LogP contribution in [-0.2, 0) is 9.47 Å². The first-order valence-corrected chi connectivity index (χ1v) is 6.51. The Morgan fingerprint density at radius 2 is 2.31 bits per heavy atom. The fraction of sp³-hybridized carbons (Fsp3) is 1.00. The van der Waals surface area contributed by atoms with Gasteiger partial charge in [0.05, 0.1) is 18.8 Å². The van der Waals surface area contributed by atoms with Gasteiger partial charge < -0.3 is 9.47 Å². The van der Waals surface area contributed by atoms with Gasteiger partial charge in [0.25, 0.3) is 0 Å². The van der Waals surface area contributed by atoms with Crippen LogP contribution in [0.3, 0.4) is 0 Å². The fourth-order valence-electron chi connectivity index (χ4n) is 2.03. The molecule has 2 nitrogen and oxygen atoms in total. The molecule has 0 aromatic heterocycles. The average molecular weight is 202 g/mol. The van der Waals surface area contributed by atoms with E-state index in [1.807, 2.05) is 11.8 Å². The molecule has 1 heterocycles. The first-order chi connectivity index (χ1) is 6.40. The second-order valence-electron chi connectivity index (χ2n) is 3.96. The van der Waals surface area contributed by atoms with Gasteiger partial charge in [-0.3, -0.25) is 0 Å². The largest absolute Gasteiger partial charge is 0.380 e. The Labute approximate surface area is 84.4 Å². The maximum Gasteiger partial charge on any atom is 0.0845 e. The SMILES string of the molecule is CSCCOCC1CCC2OC2C1. The fourth-order valence-corrected chi connectivity index (χ4v) is 2.31. The van der Waals surface area contributed by atoms with Crippen LogP contribution in [0, 0.1) is 5.92 Å². The summed E-state index contributed by atoms with van der Waals surface area (Å²) in [5.74, 6) is 1.89. The summed E-state index contributed by atoms with van der Waals surface area (Å²) in [7, 11) is 0. The molecule has 2 fully saturated rings. The predicted molar refractivity (Wildman–Crippen MR) is 55.2 cm³/mol. The normalized spacial score (nSPS) is 37.2. The molecule has 3 unspecified atom stereocenters. The smallest absolute Gasteiger partial charge is 0.0845 e. The monoisotopic (exact) mass is 202 g/mol. The molecule has 0 bridgehead atoms. The van der Waals surface area contributed by atoms with E-state index >= 15 is 0 Å². The van der Waals surface area contributed by atoms with Crippen LogP contribution in [0.1, 0.15) is 19.3 Å². The maximum absolute atomic E-state index is 5.60. The zero-order chi connectivity index (χ0) is 9.10. The molecular weight excluding hydrogens is 184 g/mol. The lowest BCUT2D eigenvalue weighted by Gasteiger charge is -2.18. The molecule has 2 aliphatic rings. The number of hydrogen-bond acceptors (Lipinski definition) is 3. The van der Waals surface area contributed by atoms with E-state index in [2.05, 4.69) is 6.26 Å². The molecule has 13 heavy (non-hydrogen) atoms. The summed E-state index contributed by atoms with van der Waals surface area (Å²) in [6, 6.07) is 0. The van der Waals surface area contributed by atoms with Gasteiger partial charge in [0.2, 0.25) is 0 Å². The Morgan fingerprint density at radius 1 is 1.38 bits per heavy atom. The van der Waals surface area contributed by atoms with Gasteiger partial charge in [0.15, 0.2) is 0 Å². The second-order valence-corrected chi connectivity index (χ2v) is 4.95. The van der Waals surface area contributed by atoms with Crippen molar-refractivity contribution < 1.29 is 9.47 Å². The predicted octanol–water partition coefficient (Wildman–Crippen LogP) is 1.93. The van der Waals surface area contributed by atoms with E-state index in [1.54, 1.807) is 0 Å². The van der Waals surface area contributed by atoms with Crippen molar-refractivity contribution in [3.8, 4) is 0 Å².